The third-order valence-electron chi connectivity index (χ3n) is 3.08. The van der Waals surface area contributed by atoms with E-state index >= 15 is 0 Å². The molecule has 4 nitrogen and oxygen atoms in total. The van der Waals surface area contributed by atoms with Gasteiger partial charge in [0, 0.05) is 12.6 Å². The van der Waals surface area contributed by atoms with Gasteiger partial charge < -0.3 is 9.30 Å². The van der Waals surface area contributed by atoms with Crippen molar-refractivity contribution in [3.05, 3.63) is 35.3 Å². The van der Waals surface area contributed by atoms with E-state index in [0.29, 0.717) is 11.4 Å². The number of carbonyl (C=O) groups excluding carboxylic acids is 1. The highest BCUT2D eigenvalue weighted by Crippen LogP contribution is 2.32. The summed E-state index contributed by atoms with van der Waals surface area (Å²) in [6, 6.07) is 5.84. The average Bonchev–Trinajstić information content (AvgIpc) is 2.65. The molecule has 0 saturated carbocycles. The normalized spacial score (nSPS) is 10.4. The molecule has 0 bridgehead atoms. The molecule has 94 valence electrons. The molecule has 0 saturated heterocycles. The number of imidazole rings is 1. The molecule has 0 unspecified atom stereocenters. The van der Waals surface area contributed by atoms with Crippen molar-refractivity contribution in [1.29, 1.82) is 0 Å². The van der Waals surface area contributed by atoms with Crippen molar-refractivity contribution in [3.63, 3.8) is 0 Å². The van der Waals surface area contributed by atoms with Crippen LogP contribution in [0.3, 0.4) is 0 Å². The fourth-order valence-corrected chi connectivity index (χ4v) is 1.97. The minimum atomic E-state index is 0.566. The number of ether oxygens (including phenoxy) is 1. The Bertz CT molecular complexity index is 600. The second-order valence-electron chi connectivity index (χ2n) is 4.27. The molecule has 0 N–H and O–H groups in total. The maximum Gasteiger partial charge on any atom is 0.168 e. The highest BCUT2D eigenvalue weighted by molar-refractivity contribution is 5.86. The highest BCUT2D eigenvalue weighted by atomic mass is 16.5. The van der Waals surface area contributed by atoms with Gasteiger partial charge in [-0.05, 0) is 26.0 Å². The zero-order chi connectivity index (χ0) is 13.3. The Hall–Kier alpha value is -2.10. The van der Waals surface area contributed by atoms with Crippen molar-refractivity contribution in [3.8, 4) is 17.0 Å². The van der Waals surface area contributed by atoms with Gasteiger partial charge >= 0.3 is 0 Å². The molecule has 1 aromatic carbocycles. The van der Waals surface area contributed by atoms with Crippen molar-refractivity contribution >= 4 is 6.29 Å². The number of carbonyl (C=O) groups is 1. The highest BCUT2D eigenvalue weighted by Gasteiger charge is 2.17. The molecule has 1 heterocycles. The molecule has 0 aliphatic carbocycles. The van der Waals surface area contributed by atoms with Crippen molar-refractivity contribution in [2.45, 2.75) is 13.8 Å². The third kappa shape index (κ3) is 1.90. The minimum absolute atomic E-state index is 0.566. The van der Waals surface area contributed by atoms with Gasteiger partial charge in [-0.1, -0.05) is 11.6 Å². The van der Waals surface area contributed by atoms with Crippen molar-refractivity contribution in [2.24, 2.45) is 7.05 Å². The first-order chi connectivity index (χ1) is 8.58. The second-order valence-corrected chi connectivity index (χ2v) is 4.27. The third-order valence-corrected chi connectivity index (χ3v) is 3.08. The molecule has 0 aliphatic rings. The summed E-state index contributed by atoms with van der Waals surface area (Å²) in [4.78, 5) is 15.7. The van der Waals surface area contributed by atoms with Crippen LogP contribution in [0.15, 0.2) is 18.2 Å². The summed E-state index contributed by atoms with van der Waals surface area (Å²) >= 11 is 0. The van der Waals surface area contributed by atoms with Gasteiger partial charge in [0.2, 0.25) is 0 Å². The lowest BCUT2D eigenvalue weighted by atomic mass is 10.1. The lowest BCUT2D eigenvalue weighted by Crippen LogP contribution is -1.98. The van der Waals surface area contributed by atoms with Crippen molar-refractivity contribution in [1.82, 2.24) is 9.55 Å². The van der Waals surface area contributed by atoms with Crippen molar-refractivity contribution < 1.29 is 9.53 Å². The van der Waals surface area contributed by atoms with E-state index < -0.39 is 0 Å². The molecular formula is C14H16N2O2. The Labute approximate surface area is 106 Å². The van der Waals surface area contributed by atoms with Gasteiger partial charge in [-0.15, -0.1) is 0 Å². The van der Waals surface area contributed by atoms with E-state index in [1.807, 2.05) is 39.1 Å². The SMILES string of the molecule is COc1ccc(C)cc1-c1nc(C)n(C)c1C=O. The molecule has 0 atom stereocenters. The summed E-state index contributed by atoms with van der Waals surface area (Å²) in [7, 11) is 3.45. The first-order valence-corrected chi connectivity index (χ1v) is 5.72. The predicted molar refractivity (Wildman–Crippen MR) is 70.1 cm³/mol. The van der Waals surface area contributed by atoms with E-state index in [1.165, 1.54) is 0 Å². The molecular weight excluding hydrogens is 228 g/mol. The Morgan fingerprint density at radius 3 is 2.67 bits per heavy atom. The number of hydrogen-bond donors (Lipinski definition) is 0. The largest absolute Gasteiger partial charge is 0.496 e. The summed E-state index contributed by atoms with van der Waals surface area (Å²) in [5.41, 5.74) is 3.19. The smallest absolute Gasteiger partial charge is 0.168 e. The molecule has 1 aromatic heterocycles. The van der Waals surface area contributed by atoms with E-state index in [9.17, 15) is 4.79 Å². The van der Waals surface area contributed by atoms with Crippen LogP contribution < -0.4 is 4.74 Å². The quantitative estimate of drug-likeness (QED) is 0.779. The number of hydrogen-bond acceptors (Lipinski definition) is 3. The average molecular weight is 244 g/mol. The maximum atomic E-state index is 11.2. The first-order valence-electron chi connectivity index (χ1n) is 5.72. The Kier molecular flexibility index (Phi) is 3.19. The number of aromatic nitrogens is 2. The van der Waals surface area contributed by atoms with Crippen LogP contribution in [-0.4, -0.2) is 22.9 Å². The topological polar surface area (TPSA) is 44.1 Å². The number of rotatable bonds is 3. The van der Waals surface area contributed by atoms with Crippen LogP contribution in [0.4, 0.5) is 0 Å². The molecule has 0 spiro atoms. The van der Waals surface area contributed by atoms with Gasteiger partial charge in [0.05, 0.1) is 7.11 Å². The minimum Gasteiger partial charge on any atom is -0.496 e. The van der Waals surface area contributed by atoms with Gasteiger partial charge in [-0.3, -0.25) is 4.79 Å². The molecule has 18 heavy (non-hydrogen) atoms. The lowest BCUT2D eigenvalue weighted by Gasteiger charge is -2.08. The van der Waals surface area contributed by atoms with Crippen LogP contribution in [0.5, 0.6) is 5.75 Å². The summed E-state index contributed by atoms with van der Waals surface area (Å²) < 4.78 is 7.12. The number of nitrogens with zero attached hydrogens (tertiary/aromatic N) is 2. The standard InChI is InChI=1S/C14H16N2O2/c1-9-5-6-13(18-4)11(7-9)14-12(8-17)16(3)10(2)15-14/h5-8H,1-4H3. The molecule has 2 rings (SSSR count). The number of methoxy groups -OCH3 is 1. The van der Waals surface area contributed by atoms with Crippen LogP contribution >= 0.6 is 0 Å². The first kappa shape index (κ1) is 12.4. The van der Waals surface area contributed by atoms with Gasteiger partial charge in [-0.25, -0.2) is 4.98 Å². The van der Waals surface area contributed by atoms with Gasteiger partial charge in [0.15, 0.2) is 6.29 Å². The molecule has 0 aliphatic heterocycles. The Morgan fingerprint density at radius 2 is 2.06 bits per heavy atom. The summed E-state index contributed by atoms with van der Waals surface area (Å²) in [6.07, 6.45) is 0.830. The van der Waals surface area contributed by atoms with Crippen LogP contribution in [0.25, 0.3) is 11.3 Å². The predicted octanol–water partition coefficient (Wildman–Crippen LogP) is 2.53. The van der Waals surface area contributed by atoms with Crippen LogP contribution in [0.1, 0.15) is 21.9 Å². The molecule has 2 aromatic rings. The fraction of sp³-hybridized carbons (Fsp3) is 0.286. The summed E-state index contributed by atoms with van der Waals surface area (Å²) in [6.45, 7) is 3.87. The zero-order valence-electron chi connectivity index (χ0n) is 11.0. The van der Waals surface area contributed by atoms with E-state index in [0.717, 1.165) is 29.0 Å². The van der Waals surface area contributed by atoms with Gasteiger partial charge in [-0.2, -0.15) is 0 Å². The monoisotopic (exact) mass is 244 g/mol. The van der Waals surface area contributed by atoms with E-state index in [-0.39, 0.29) is 0 Å². The second kappa shape index (κ2) is 4.64. The number of aryl methyl sites for hydroxylation is 2. The molecule has 0 amide bonds. The van der Waals surface area contributed by atoms with E-state index in [4.69, 9.17) is 4.74 Å². The Balaban J connectivity index is 2.72. The Morgan fingerprint density at radius 1 is 1.33 bits per heavy atom. The van der Waals surface area contributed by atoms with Crippen LogP contribution in [-0.2, 0) is 7.05 Å². The summed E-state index contributed by atoms with van der Waals surface area (Å²) in [5.74, 6) is 1.53. The maximum absolute atomic E-state index is 11.2. The summed E-state index contributed by atoms with van der Waals surface area (Å²) in [5, 5.41) is 0. The lowest BCUT2D eigenvalue weighted by molar-refractivity contribution is 0.111. The fourth-order valence-electron chi connectivity index (χ4n) is 1.97. The molecule has 4 heteroatoms. The van der Waals surface area contributed by atoms with Crippen LogP contribution in [0, 0.1) is 13.8 Å². The number of benzene rings is 1. The van der Waals surface area contributed by atoms with E-state index in [2.05, 4.69) is 4.98 Å². The van der Waals surface area contributed by atoms with Gasteiger partial charge in [0.25, 0.3) is 0 Å². The number of aldehydes is 1. The van der Waals surface area contributed by atoms with Crippen LogP contribution in [0.2, 0.25) is 0 Å². The van der Waals surface area contributed by atoms with Gasteiger partial charge in [0.1, 0.15) is 23.0 Å². The molecule has 0 fully saturated rings. The van der Waals surface area contributed by atoms with E-state index in [1.54, 1.807) is 11.7 Å². The zero-order valence-corrected chi connectivity index (χ0v) is 11.0. The van der Waals surface area contributed by atoms with Crippen molar-refractivity contribution in [2.75, 3.05) is 7.11 Å². The molecule has 0 radical (unpaired) electrons.